The van der Waals surface area contributed by atoms with Gasteiger partial charge in [0.15, 0.2) is 17.7 Å². The average Bonchev–Trinajstić information content (AvgIpc) is 2.82. The Morgan fingerprint density at radius 3 is 2.16 bits per heavy atom. The van der Waals surface area contributed by atoms with Crippen molar-refractivity contribution < 1.29 is 24.0 Å². The fourth-order valence-corrected chi connectivity index (χ4v) is 1.91. The summed E-state index contributed by atoms with van der Waals surface area (Å²) in [6, 6.07) is 3.76. The topological polar surface area (TPSA) is 56.7 Å². The summed E-state index contributed by atoms with van der Waals surface area (Å²) in [5, 5.41) is 9.24. The minimum atomic E-state index is 0.568. The largest absolute Gasteiger partial charge is 0.493 e. The number of benzene rings is 1. The van der Waals surface area contributed by atoms with E-state index in [2.05, 4.69) is 0 Å². The molecule has 2 aromatic rings. The predicted octanol–water partition coefficient (Wildman–Crippen LogP) is 1.09. The molecular formula is C13H17N2O4+. The molecule has 102 valence electrons. The van der Waals surface area contributed by atoms with Crippen LogP contribution in [0.4, 0.5) is 0 Å². The van der Waals surface area contributed by atoms with Gasteiger partial charge in [0.2, 0.25) is 5.75 Å². The van der Waals surface area contributed by atoms with Crippen molar-refractivity contribution in [2.24, 2.45) is 0 Å². The Kier molecular flexibility index (Phi) is 3.79. The normalized spacial score (nSPS) is 10.3. The van der Waals surface area contributed by atoms with E-state index in [1.54, 1.807) is 40.1 Å². The predicted molar refractivity (Wildman–Crippen MR) is 67.0 cm³/mol. The Hall–Kier alpha value is -2.37. The molecule has 1 heterocycles. The summed E-state index contributed by atoms with van der Waals surface area (Å²) in [4.78, 5) is 0. The molecule has 0 aliphatic heterocycles. The van der Waals surface area contributed by atoms with Gasteiger partial charge >= 0.3 is 0 Å². The van der Waals surface area contributed by atoms with E-state index in [1.165, 1.54) is 0 Å². The molecule has 1 N–H and O–H groups in total. The Labute approximate surface area is 111 Å². The molecule has 6 heteroatoms. The molecule has 0 saturated heterocycles. The maximum absolute atomic E-state index is 9.24. The van der Waals surface area contributed by atoms with Gasteiger partial charge in [0.1, 0.15) is 12.7 Å². The molecule has 2 rings (SSSR count). The van der Waals surface area contributed by atoms with Gasteiger partial charge in [-0.2, -0.15) is 0 Å². The highest BCUT2D eigenvalue weighted by atomic mass is 16.5. The Bertz CT molecular complexity index is 541. The molecule has 0 aliphatic carbocycles. The number of hydrogen-bond acceptors (Lipinski definition) is 4. The third-order valence-corrected chi connectivity index (χ3v) is 2.77. The molecule has 1 aromatic heterocycles. The average molecular weight is 265 g/mol. The van der Waals surface area contributed by atoms with Crippen molar-refractivity contribution in [3.63, 3.8) is 0 Å². The minimum Gasteiger partial charge on any atom is -0.493 e. The first-order chi connectivity index (χ1) is 9.17. The van der Waals surface area contributed by atoms with Crippen molar-refractivity contribution in [2.75, 3.05) is 21.3 Å². The number of imidazole rings is 1. The molecular weight excluding hydrogens is 248 g/mol. The number of ether oxygens (including phenoxy) is 3. The Morgan fingerprint density at radius 2 is 1.74 bits per heavy atom. The van der Waals surface area contributed by atoms with Gasteiger partial charge in [-0.1, -0.05) is 4.73 Å². The van der Waals surface area contributed by atoms with Crippen LogP contribution in [0.3, 0.4) is 0 Å². The van der Waals surface area contributed by atoms with Crippen LogP contribution in [0.25, 0.3) is 0 Å². The summed E-state index contributed by atoms with van der Waals surface area (Å²) in [5.41, 5.74) is 0.978. The van der Waals surface area contributed by atoms with E-state index in [0.29, 0.717) is 23.8 Å². The highest BCUT2D eigenvalue weighted by molar-refractivity contribution is 5.53. The smallest absolute Gasteiger partial charge is 0.284 e. The summed E-state index contributed by atoms with van der Waals surface area (Å²) in [7, 11) is 4.73. The molecule has 0 spiro atoms. The summed E-state index contributed by atoms with van der Waals surface area (Å²) in [6.45, 7) is 0.588. The summed E-state index contributed by atoms with van der Waals surface area (Å²) in [6.07, 6.45) is 4.89. The molecule has 0 atom stereocenters. The molecule has 0 bridgehead atoms. The first-order valence-electron chi connectivity index (χ1n) is 5.73. The lowest BCUT2D eigenvalue weighted by Gasteiger charge is -2.13. The van der Waals surface area contributed by atoms with E-state index in [4.69, 9.17) is 14.2 Å². The van der Waals surface area contributed by atoms with E-state index < -0.39 is 0 Å². The second-order valence-electron chi connectivity index (χ2n) is 4.00. The maximum Gasteiger partial charge on any atom is 0.284 e. The molecule has 0 aliphatic rings. The van der Waals surface area contributed by atoms with Gasteiger partial charge in [-0.25, -0.2) is 4.57 Å². The van der Waals surface area contributed by atoms with Crippen molar-refractivity contribution in [3.05, 3.63) is 36.4 Å². The first kappa shape index (κ1) is 13.1. The fraction of sp³-hybridized carbons (Fsp3) is 0.308. The lowest BCUT2D eigenvalue weighted by Crippen LogP contribution is -2.31. The third-order valence-electron chi connectivity index (χ3n) is 2.77. The second kappa shape index (κ2) is 5.51. The molecule has 6 nitrogen and oxygen atoms in total. The van der Waals surface area contributed by atoms with Crippen molar-refractivity contribution >= 4 is 0 Å². The van der Waals surface area contributed by atoms with Gasteiger partial charge in [0.05, 0.1) is 21.3 Å². The van der Waals surface area contributed by atoms with Crippen molar-refractivity contribution in [3.8, 4) is 17.2 Å². The van der Waals surface area contributed by atoms with E-state index in [-0.39, 0.29) is 0 Å². The van der Waals surface area contributed by atoms with Gasteiger partial charge < -0.3 is 19.4 Å². The van der Waals surface area contributed by atoms with Gasteiger partial charge in [-0.15, -0.1) is 0 Å². The van der Waals surface area contributed by atoms with Crippen LogP contribution in [0, 0.1) is 0 Å². The van der Waals surface area contributed by atoms with Crippen LogP contribution in [-0.2, 0) is 6.54 Å². The molecule has 19 heavy (non-hydrogen) atoms. The molecule has 0 fully saturated rings. The number of aromatic nitrogens is 2. The highest BCUT2D eigenvalue weighted by Crippen LogP contribution is 2.38. The quantitative estimate of drug-likeness (QED) is 0.649. The van der Waals surface area contributed by atoms with Crippen LogP contribution < -0.4 is 18.8 Å². The summed E-state index contributed by atoms with van der Waals surface area (Å²) in [5.74, 6) is 1.79. The monoisotopic (exact) mass is 265 g/mol. The van der Waals surface area contributed by atoms with Crippen LogP contribution in [0.15, 0.2) is 30.9 Å². The zero-order chi connectivity index (χ0) is 13.8. The fourth-order valence-electron chi connectivity index (χ4n) is 1.91. The van der Waals surface area contributed by atoms with Crippen molar-refractivity contribution in [1.29, 1.82) is 0 Å². The van der Waals surface area contributed by atoms with Crippen LogP contribution in [0.1, 0.15) is 5.56 Å². The molecule has 0 amide bonds. The maximum atomic E-state index is 9.24. The number of methoxy groups -OCH3 is 3. The van der Waals surface area contributed by atoms with E-state index in [0.717, 1.165) is 10.3 Å². The zero-order valence-electron chi connectivity index (χ0n) is 11.2. The molecule has 0 unspecified atom stereocenters. The third kappa shape index (κ3) is 2.73. The van der Waals surface area contributed by atoms with Crippen LogP contribution in [-0.4, -0.2) is 31.3 Å². The first-order valence-corrected chi connectivity index (χ1v) is 5.73. The molecule has 0 radical (unpaired) electrons. The zero-order valence-corrected chi connectivity index (χ0v) is 11.2. The highest BCUT2D eigenvalue weighted by Gasteiger charge is 2.14. The minimum absolute atomic E-state index is 0.568. The molecule has 0 saturated carbocycles. The summed E-state index contributed by atoms with van der Waals surface area (Å²) < 4.78 is 18.7. The Morgan fingerprint density at radius 1 is 1.11 bits per heavy atom. The van der Waals surface area contributed by atoms with E-state index >= 15 is 0 Å². The molecule has 1 aromatic carbocycles. The lowest BCUT2D eigenvalue weighted by molar-refractivity contribution is -0.688. The Balaban J connectivity index is 2.35. The van der Waals surface area contributed by atoms with Crippen molar-refractivity contribution in [1.82, 2.24) is 4.73 Å². The van der Waals surface area contributed by atoms with Gasteiger partial charge in [0.25, 0.3) is 6.33 Å². The lowest BCUT2D eigenvalue weighted by atomic mass is 10.2. The summed E-state index contributed by atoms with van der Waals surface area (Å²) >= 11 is 0. The number of nitrogens with zero attached hydrogens (tertiary/aromatic N) is 2. The van der Waals surface area contributed by atoms with Gasteiger partial charge in [0, 0.05) is 5.56 Å². The van der Waals surface area contributed by atoms with Crippen LogP contribution in [0.5, 0.6) is 17.2 Å². The van der Waals surface area contributed by atoms with Crippen LogP contribution >= 0.6 is 0 Å². The van der Waals surface area contributed by atoms with E-state index in [9.17, 15) is 5.21 Å². The standard InChI is InChI=1S/C13H17N2O4/c1-17-11-6-10(7-12(18-2)13(11)19-3)8-14-4-5-15(16)9-14/h4-7,9,16H,8H2,1-3H3/q+1. The van der Waals surface area contributed by atoms with Gasteiger partial charge in [-0.05, 0) is 12.1 Å². The number of hydrogen-bond donors (Lipinski definition) is 1. The van der Waals surface area contributed by atoms with Crippen molar-refractivity contribution in [2.45, 2.75) is 6.54 Å². The second-order valence-corrected chi connectivity index (χ2v) is 4.00. The SMILES string of the molecule is COc1cc(C[n+]2ccn(O)c2)cc(OC)c1OC. The van der Waals surface area contributed by atoms with E-state index in [1.807, 2.05) is 16.7 Å². The van der Waals surface area contributed by atoms with Crippen LogP contribution in [0.2, 0.25) is 0 Å². The number of rotatable bonds is 5. The van der Waals surface area contributed by atoms with Gasteiger partial charge in [-0.3, -0.25) is 0 Å².